The van der Waals surface area contributed by atoms with Gasteiger partial charge in [-0.3, -0.25) is 4.79 Å². The Morgan fingerprint density at radius 3 is 2.57 bits per heavy atom. The number of hydrazine groups is 1. The van der Waals surface area contributed by atoms with Gasteiger partial charge in [0, 0.05) is 22.8 Å². The van der Waals surface area contributed by atoms with E-state index in [0.717, 1.165) is 23.8 Å². The van der Waals surface area contributed by atoms with Gasteiger partial charge >= 0.3 is 0 Å². The van der Waals surface area contributed by atoms with E-state index in [1.54, 1.807) is 6.07 Å². The molecule has 23 heavy (non-hydrogen) atoms. The smallest absolute Gasteiger partial charge is 0.242 e. The highest BCUT2D eigenvalue weighted by molar-refractivity contribution is 6.30. The molecule has 3 N–H and O–H groups in total. The van der Waals surface area contributed by atoms with Gasteiger partial charge in [0.25, 0.3) is 0 Å². The molecule has 1 fully saturated rings. The van der Waals surface area contributed by atoms with Crippen LogP contribution in [0.4, 0.5) is 14.5 Å². The molecule has 4 nitrogen and oxygen atoms in total. The Bertz CT molecular complexity index is 721. The number of rotatable bonds is 3. The number of hydrogen-bond donors (Lipinski definition) is 3. The molecule has 2 atom stereocenters. The van der Waals surface area contributed by atoms with Gasteiger partial charge in [-0.15, -0.1) is 0 Å². The highest BCUT2D eigenvalue weighted by Gasteiger charge is 2.30. The van der Waals surface area contributed by atoms with Crippen LogP contribution in [0.25, 0.3) is 0 Å². The van der Waals surface area contributed by atoms with Gasteiger partial charge in [-0.2, -0.15) is 0 Å². The molecule has 1 aliphatic rings. The van der Waals surface area contributed by atoms with E-state index in [2.05, 4.69) is 16.2 Å². The zero-order valence-corrected chi connectivity index (χ0v) is 12.7. The SMILES string of the molecule is O=C(Nc1cc(F)cc(F)c1)C1CC(c2cccc(Cl)c2)NN1. The normalized spacial score (nSPS) is 20.5. The van der Waals surface area contributed by atoms with E-state index in [9.17, 15) is 13.6 Å². The fourth-order valence-corrected chi connectivity index (χ4v) is 2.72. The molecule has 0 saturated carbocycles. The average molecular weight is 338 g/mol. The Kier molecular flexibility index (Phi) is 4.56. The molecule has 2 unspecified atom stereocenters. The number of nitrogens with one attached hydrogen (secondary N) is 3. The first-order valence-electron chi connectivity index (χ1n) is 7.05. The maximum atomic E-state index is 13.1. The number of anilines is 1. The summed E-state index contributed by atoms with van der Waals surface area (Å²) >= 11 is 5.96. The van der Waals surface area contributed by atoms with Gasteiger partial charge in [-0.1, -0.05) is 23.7 Å². The zero-order chi connectivity index (χ0) is 16.4. The third-order valence-corrected chi connectivity index (χ3v) is 3.84. The number of hydrogen-bond acceptors (Lipinski definition) is 3. The molecule has 3 rings (SSSR count). The Balaban J connectivity index is 1.65. The van der Waals surface area contributed by atoms with Crippen molar-refractivity contribution < 1.29 is 13.6 Å². The van der Waals surface area contributed by atoms with E-state index in [1.165, 1.54) is 0 Å². The van der Waals surface area contributed by atoms with Gasteiger partial charge in [0.05, 0.1) is 0 Å². The molecule has 2 aromatic carbocycles. The third kappa shape index (κ3) is 3.85. The summed E-state index contributed by atoms with van der Waals surface area (Å²) in [7, 11) is 0. The average Bonchev–Trinajstić information content (AvgIpc) is 2.96. The lowest BCUT2D eigenvalue weighted by Crippen LogP contribution is -2.39. The van der Waals surface area contributed by atoms with Crippen LogP contribution < -0.4 is 16.2 Å². The maximum absolute atomic E-state index is 13.1. The van der Waals surface area contributed by atoms with Gasteiger partial charge in [-0.25, -0.2) is 19.6 Å². The van der Waals surface area contributed by atoms with E-state index in [0.29, 0.717) is 11.4 Å². The number of amides is 1. The van der Waals surface area contributed by atoms with E-state index in [-0.39, 0.29) is 17.6 Å². The minimum atomic E-state index is -0.741. The van der Waals surface area contributed by atoms with Crippen LogP contribution in [0, 0.1) is 11.6 Å². The lowest BCUT2D eigenvalue weighted by Gasteiger charge is -2.11. The van der Waals surface area contributed by atoms with Crippen LogP contribution in [-0.4, -0.2) is 11.9 Å². The molecule has 0 bridgehead atoms. The molecule has 120 valence electrons. The molecule has 1 aliphatic heterocycles. The van der Waals surface area contributed by atoms with Crippen molar-refractivity contribution in [3.8, 4) is 0 Å². The lowest BCUT2D eigenvalue weighted by atomic mass is 10.0. The number of carbonyl (C=O) groups is 1. The minimum absolute atomic E-state index is 0.0753. The molecule has 0 aliphatic carbocycles. The summed E-state index contributed by atoms with van der Waals surface area (Å²) in [6.07, 6.45) is 0.490. The van der Waals surface area contributed by atoms with Crippen molar-refractivity contribution in [3.05, 3.63) is 64.7 Å². The summed E-state index contributed by atoms with van der Waals surface area (Å²) in [4.78, 5) is 12.2. The largest absolute Gasteiger partial charge is 0.324 e. The molecule has 1 heterocycles. The summed E-state index contributed by atoms with van der Waals surface area (Å²) in [5.74, 6) is -1.85. The van der Waals surface area contributed by atoms with Gasteiger partial charge in [0.2, 0.25) is 5.91 Å². The van der Waals surface area contributed by atoms with Gasteiger partial charge in [0.1, 0.15) is 17.7 Å². The van der Waals surface area contributed by atoms with Crippen molar-refractivity contribution in [2.24, 2.45) is 0 Å². The zero-order valence-electron chi connectivity index (χ0n) is 11.9. The molecule has 1 saturated heterocycles. The van der Waals surface area contributed by atoms with Crippen molar-refractivity contribution in [2.75, 3.05) is 5.32 Å². The Morgan fingerprint density at radius 2 is 1.87 bits per heavy atom. The van der Waals surface area contributed by atoms with Crippen molar-refractivity contribution in [1.82, 2.24) is 10.9 Å². The Morgan fingerprint density at radius 1 is 1.13 bits per heavy atom. The fourth-order valence-electron chi connectivity index (χ4n) is 2.53. The molecule has 2 aromatic rings. The molecule has 7 heteroatoms. The van der Waals surface area contributed by atoms with Crippen molar-refractivity contribution >= 4 is 23.2 Å². The first-order chi connectivity index (χ1) is 11.0. The van der Waals surface area contributed by atoms with E-state index >= 15 is 0 Å². The molecule has 0 aromatic heterocycles. The molecule has 0 spiro atoms. The van der Waals surface area contributed by atoms with Crippen LogP contribution in [0.3, 0.4) is 0 Å². The second kappa shape index (κ2) is 6.62. The molecular weight excluding hydrogens is 324 g/mol. The summed E-state index contributed by atoms with van der Waals surface area (Å²) in [6.45, 7) is 0. The number of carbonyl (C=O) groups excluding carboxylic acids is 1. The van der Waals surface area contributed by atoms with E-state index in [4.69, 9.17) is 11.6 Å². The van der Waals surface area contributed by atoms with Crippen LogP contribution in [0.1, 0.15) is 18.0 Å². The Labute approximate surface area is 136 Å². The van der Waals surface area contributed by atoms with Crippen molar-refractivity contribution in [3.63, 3.8) is 0 Å². The van der Waals surface area contributed by atoms with E-state index in [1.807, 2.05) is 18.2 Å². The van der Waals surface area contributed by atoms with Crippen LogP contribution in [0.15, 0.2) is 42.5 Å². The quantitative estimate of drug-likeness (QED) is 0.806. The number of benzene rings is 2. The summed E-state index contributed by atoms with van der Waals surface area (Å²) in [5.41, 5.74) is 6.94. The predicted molar refractivity (Wildman–Crippen MR) is 83.9 cm³/mol. The minimum Gasteiger partial charge on any atom is -0.324 e. The lowest BCUT2D eigenvalue weighted by molar-refractivity contribution is -0.117. The highest BCUT2D eigenvalue weighted by atomic mass is 35.5. The first-order valence-corrected chi connectivity index (χ1v) is 7.42. The topological polar surface area (TPSA) is 53.2 Å². The second-order valence-corrected chi connectivity index (χ2v) is 5.77. The van der Waals surface area contributed by atoms with Gasteiger partial charge < -0.3 is 5.32 Å². The van der Waals surface area contributed by atoms with Gasteiger partial charge in [0.15, 0.2) is 0 Å². The standard InChI is InChI=1S/C16H14ClF2N3O/c17-10-3-1-2-9(4-10)14-8-15(22-21-14)16(23)20-13-6-11(18)5-12(19)7-13/h1-7,14-15,21-22H,8H2,(H,20,23). The van der Waals surface area contributed by atoms with Crippen molar-refractivity contribution in [2.45, 2.75) is 18.5 Å². The first kappa shape index (κ1) is 15.9. The second-order valence-electron chi connectivity index (χ2n) is 5.33. The fraction of sp³-hybridized carbons (Fsp3) is 0.188. The Hall–Kier alpha value is -2.02. The predicted octanol–water partition coefficient (Wildman–Crippen LogP) is 3.16. The highest BCUT2D eigenvalue weighted by Crippen LogP contribution is 2.25. The van der Waals surface area contributed by atoms with Crippen LogP contribution in [0.2, 0.25) is 5.02 Å². The molecule has 0 radical (unpaired) electrons. The van der Waals surface area contributed by atoms with Crippen molar-refractivity contribution in [1.29, 1.82) is 0 Å². The van der Waals surface area contributed by atoms with Crippen LogP contribution in [-0.2, 0) is 4.79 Å². The summed E-state index contributed by atoms with van der Waals surface area (Å²) in [6, 6.07) is 9.63. The van der Waals surface area contributed by atoms with Crippen LogP contribution >= 0.6 is 11.6 Å². The van der Waals surface area contributed by atoms with Crippen LogP contribution in [0.5, 0.6) is 0 Å². The summed E-state index contributed by atoms with van der Waals surface area (Å²) < 4.78 is 26.3. The molecule has 1 amide bonds. The molecular formula is C16H14ClF2N3O. The maximum Gasteiger partial charge on any atom is 0.242 e. The van der Waals surface area contributed by atoms with E-state index < -0.39 is 17.7 Å². The monoisotopic (exact) mass is 337 g/mol. The number of halogens is 3. The third-order valence-electron chi connectivity index (χ3n) is 3.60. The summed E-state index contributed by atoms with van der Waals surface area (Å²) in [5, 5.41) is 3.12. The van der Waals surface area contributed by atoms with Gasteiger partial charge in [-0.05, 0) is 36.2 Å².